The van der Waals surface area contributed by atoms with Crippen LogP contribution in [-0.4, -0.2) is 30.5 Å². The standard InChI is InChI=1S/C10H16O4.C4H2O3/c1-4-7(9(11)12)8(5-2)10(13)14-6-3;5-3-1-2-4(6)7-3/h4-6H2,1-3H3,(H,11,12);1-2H/p-1/b8-7-;. The monoisotopic (exact) mass is 297 g/mol. The average molecular weight is 297 g/mol. The van der Waals surface area contributed by atoms with Crippen molar-refractivity contribution in [1.82, 2.24) is 0 Å². The summed E-state index contributed by atoms with van der Waals surface area (Å²) in [6.07, 6.45) is 2.78. The zero-order chi connectivity index (χ0) is 16.4. The van der Waals surface area contributed by atoms with Gasteiger partial charge in [0.15, 0.2) is 0 Å². The van der Waals surface area contributed by atoms with E-state index in [0.717, 1.165) is 12.2 Å². The quantitative estimate of drug-likeness (QED) is 0.400. The molecule has 0 aromatic carbocycles. The number of hydrogen-bond acceptors (Lipinski definition) is 7. The van der Waals surface area contributed by atoms with Crippen LogP contribution in [0.25, 0.3) is 0 Å². The Morgan fingerprint density at radius 3 is 1.76 bits per heavy atom. The molecule has 0 N–H and O–H groups in total. The smallest absolute Gasteiger partial charge is 0.338 e. The van der Waals surface area contributed by atoms with Gasteiger partial charge < -0.3 is 19.4 Å². The second kappa shape index (κ2) is 9.46. The van der Waals surface area contributed by atoms with Crippen LogP contribution in [0.1, 0.15) is 33.6 Å². The van der Waals surface area contributed by atoms with Crippen molar-refractivity contribution < 1.29 is 33.8 Å². The fourth-order valence-electron chi connectivity index (χ4n) is 1.48. The van der Waals surface area contributed by atoms with E-state index in [9.17, 15) is 24.3 Å². The molecule has 0 aromatic rings. The van der Waals surface area contributed by atoms with E-state index >= 15 is 0 Å². The first kappa shape index (κ1) is 18.6. The van der Waals surface area contributed by atoms with Gasteiger partial charge in [-0.15, -0.1) is 0 Å². The molecule has 0 atom stereocenters. The highest BCUT2D eigenvalue weighted by molar-refractivity contribution is 6.04. The van der Waals surface area contributed by atoms with E-state index in [-0.39, 0.29) is 24.2 Å². The fourth-order valence-corrected chi connectivity index (χ4v) is 1.48. The molecule has 7 heteroatoms. The average Bonchev–Trinajstić information content (AvgIpc) is 2.79. The molecule has 0 radical (unpaired) electrons. The van der Waals surface area contributed by atoms with Crippen molar-refractivity contribution in [3.8, 4) is 0 Å². The number of esters is 3. The SMILES string of the molecule is CCOC(=O)/C(CC)=C(/CC)C(=O)[O-].O=C1C=CC(=O)O1. The predicted molar refractivity (Wildman–Crippen MR) is 69.5 cm³/mol. The lowest BCUT2D eigenvalue weighted by atomic mass is 10.0. The molecule has 0 saturated heterocycles. The summed E-state index contributed by atoms with van der Waals surface area (Å²) < 4.78 is 8.71. The van der Waals surface area contributed by atoms with Crippen molar-refractivity contribution >= 4 is 23.9 Å². The summed E-state index contributed by atoms with van der Waals surface area (Å²) in [5, 5.41) is 10.7. The van der Waals surface area contributed by atoms with Crippen LogP contribution >= 0.6 is 0 Å². The Kier molecular flexibility index (Phi) is 8.36. The van der Waals surface area contributed by atoms with Crippen LogP contribution in [0.15, 0.2) is 23.3 Å². The van der Waals surface area contributed by atoms with Gasteiger partial charge in [0, 0.05) is 17.7 Å². The van der Waals surface area contributed by atoms with Crippen LogP contribution < -0.4 is 5.11 Å². The summed E-state index contributed by atoms with van der Waals surface area (Å²) in [5.74, 6) is -3.01. The predicted octanol–water partition coefficient (Wildman–Crippen LogP) is 0.0420. The second-order valence-electron chi connectivity index (χ2n) is 3.75. The van der Waals surface area contributed by atoms with E-state index < -0.39 is 23.9 Å². The van der Waals surface area contributed by atoms with Gasteiger partial charge in [-0.1, -0.05) is 13.8 Å². The molecule has 1 rings (SSSR count). The number of cyclic esters (lactones) is 2. The third kappa shape index (κ3) is 6.51. The maximum Gasteiger partial charge on any atom is 0.338 e. The lowest BCUT2D eigenvalue weighted by Gasteiger charge is -2.12. The normalized spacial score (nSPS) is 13.9. The van der Waals surface area contributed by atoms with Crippen LogP contribution in [-0.2, 0) is 28.7 Å². The zero-order valence-corrected chi connectivity index (χ0v) is 12.1. The van der Waals surface area contributed by atoms with E-state index in [0.29, 0.717) is 6.42 Å². The Balaban J connectivity index is 0.000000471. The summed E-state index contributed by atoms with van der Waals surface area (Å²) >= 11 is 0. The molecule has 116 valence electrons. The molecule has 0 spiro atoms. The number of carboxylic acids is 1. The molecule has 1 aliphatic rings. The first-order valence-corrected chi connectivity index (χ1v) is 6.41. The minimum Gasteiger partial charge on any atom is -0.545 e. The van der Waals surface area contributed by atoms with Crippen molar-refractivity contribution in [3.63, 3.8) is 0 Å². The number of carbonyl (C=O) groups excluding carboxylic acids is 4. The fraction of sp³-hybridized carbons (Fsp3) is 0.429. The highest BCUT2D eigenvalue weighted by Gasteiger charge is 2.14. The topological polar surface area (TPSA) is 110 Å². The molecule has 0 amide bonds. The minimum absolute atomic E-state index is 0.0333. The van der Waals surface area contributed by atoms with Gasteiger partial charge in [0.1, 0.15) is 0 Å². The molecule has 1 heterocycles. The lowest BCUT2D eigenvalue weighted by molar-refractivity contribution is -0.299. The van der Waals surface area contributed by atoms with E-state index in [1.54, 1.807) is 20.8 Å². The van der Waals surface area contributed by atoms with Crippen molar-refractivity contribution in [1.29, 1.82) is 0 Å². The molecule has 0 unspecified atom stereocenters. The molecule has 0 aliphatic carbocycles. The number of carbonyl (C=O) groups is 4. The second-order valence-corrected chi connectivity index (χ2v) is 3.75. The molecule has 7 nitrogen and oxygen atoms in total. The summed E-state index contributed by atoms with van der Waals surface area (Å²) in [6, 6.07) is 0. The highest BCUT2D eigenvalue weighted by Crippen LogP contribution is 2.13. The van der Waals surface area contributed by atoms with Gasteiger partial charge in [0.2, 0.25) is 0 Å². The molecular weight excluding hydrogens is 280 g/mol. The van der Waals surface area contributed by atoms with E-state index in [1.165, 1.54) is 0 Å². The number of ether oxygens (including phenoxy) is 2. The van der Waals surface area contributed by atoms with Gasteiger partial charge in [0.05, 0.1) is 12.6 Å². The third-order valence-electron chi connectivity index (χ3n) is 2.40. The van der Waals surface area contributed by atoms with Crippen molar-refractivity contribution in [2.24, 2.45) is 0 Å². The van der Waals surface area contributed by atoms with E-state index in [1.807, 2.05) is 0 Å². The number of rotatable bonds is 5. The molecular formula is C14H17O7-. The first-order valence-electron chi connectivity index (χ1n) is 6.41. The maximum absolute atomic E-state index is 11.3. The Bertz CT molecular complexity index is 470. The Hall–Kier alpha value is -2.44. The largest absolute Gasteiger partial charge is 0.545 e. The van der Waals surface area contributed by atoms with Crippen LogP contribution in [0.5, 0.6) is 0 Å². The molecule has 1 aliphatic heterocycles. The van der Waals surface area contributed by atoms with Crippen LogP contribution in [0, 0.1) is 0 Å². The number of carboxylic acid groups (broad SMARTS) is 1. The summed E-state index contributed by atoms with van der Waals surface area (Å²) in [5.41, 5.74) is 0.236. The molecule has 0 saturated carbocycles. The highest BCUT2D eigenvalue weighted by atomic mass is 16.6. The van der Waals surface area contributed by atoms with E-state index in [4.69, 9.17) is 4.74 Å². The zero-order valence-electron chi connectivity index (χ0n) is 12.1. The summed E-state index contributed by atoms with van der Waals surface area (Å²) in [4.78, 5) is 41.8. The van der Waals surface area contributed by atoms with E-state index in [2.05, 4.69) is 4.74 Å². The molecule has 0 aromatic heterocycles. The Labute approximate surface area is 122 Å². The van der Waals surface area contributed by atoms with Gasteiger partial charge in [-0.2, -0.15) is 0 Å². The molecule has 21 heavy (non-hydrogen) atoms. The summed E-state index contributed by atoms with van der Waals surface area (Å²) in [6.45, 7) is 5.30. The van der Waals surface area contributed by atoms with Gasteiger partial charge >= 0.3 is 17.9 Å². The lowest BCUT2D eigenvalue weighted by Crippen LogP contribution is -2.27. The van der Waals surface area contributed by atoms with Crippen LogP contribution in [0.3, 0.4) is 0 Å². The van der Waals surface area contributed by atoms with Gasteiger partial charge in [-0.25, -0.2) is 14.4 Å². The van der Waals surface area contributed by atoms with Gasteiger partial charge in [-0.05, 0) is 25.3 Å². The Morgan fingerprint density at radius 2 is 1.52 bits per heavy atom. The van der Waals surface area contributed by atoms with Gasteiger partial charge in [-0.3, -0.25) is 0 Å². The number of aliphatic carboxylic acids is 1. The summed E-state index contributed by atoms with van der Waals surface area (Å²) in [7, 11) is 0. The number of hydrogen-bond donors (Lipinski definition) is 0. The Morgan fingerprint density at radius 1 is 1.05 bits per heavy atom. The maximum atomic E-state index is 11.3. The minimum atomic E-state index is -1.29. The van der Waals surface area contributed by atoms with Gasteiger partial charge in [0.25, 0.3) is 0 Å². The third-order valence-corrected chi connectivity index (χ3v) is 2.40. The van der Waals surface area contributed by atoms with Crippen LogP contribution in [0.4, 0.5) is 0 Å². The van der Waals surface area contributed by atoms with Crippen molar-refractivity contribution in [3.05, 3.63) is 23.3 Å². The molecule has 0 bridgehead atoms. The van der Waals surface area contributed by atoms with Crippen molar-refractivity contribution in [2.45, 2.75) is 33.6 Å². The first-order chi connectivity index (χ1) is 9.87. The van der Waals surface area contributed by atoms with Crippen LogP contribution in [0.2, 0.25) is 0 Å². The molecule has 0 fully saturated rings. The van der Waals surface area contributed by atoms with Crippen molar-refractivity contribution in [2.75, 3.05) is 6.61 Å².